The number of benzene rings is 1. The Bertz CT molecular complexity index is 693. The predicted octanol–water partition coefficient (Wildman–Crippen LogP) is -4.32. The molecule has 1 unspecified atom stereocenters. The fourth-order valence-electron chi connectivity index (χ4n) is 2.24. The van der Waals surface area contributed by atoms with Crippen LogP contribution >= 0.6 is 0 Å². The number of rotatable bonds is 13. The summed E-state index contributed by atoms with van der Waals surface area (Å²) in [5.41, 5.74) is 0.340. The van der Waals surface area contributed by atoms with Crippen LogP contribution in [0.3, 0.4) is 0 Å². The van der Waals surface area contributed by atoms with Gasteiger partial charge in [0.05, 0.1) is 31.6 Å². The summed E-state index contributed by atoms with van der Waals surface area (Å²) in [6.07, 6.45) is -1.52. The van der Waals surface area contributed by atoms with Crippen molar-refractivity contribution in [2.45, 2.75) is 6.10 Å². The fourth-order valence-corrected chi connectivity index (χ4v) is 2.24. The van der Waals surface area contributed by atoms with Crippen LogP contribution in [0, 0.1) is 0 Å². The topological polar surface area (TPSA) is 219 Å². The molecule has 1 rings (SSSR count). The minimum absolute atomic E-state index is 0. The van der Waals surface area contributed by atoms with Crippen molar-refractivity contribution in [3.63, 3.8) is 0 Å². The zero-order valence-electron chi connectivity index (χ0n) is 17.0. The summed E-state index contributed by atoms with van der Waals surface area (Å²) in [6, 6.07) is 8.11. The van der Waals surface area contributed by atoms with Gasteiger partial charge in [-0.25, -0.2) is 0 Å². The van der Waals surface area contributed by atoms with Gasteiger partial charge in [0.25, 0.3) is 0 Å². The van der Waals surface area contributed by atoms with Crippen molar-refractivity contribution in [1.82, 2.24) is 9.80 Å². The molecular formula is C18H22CaN2O11. The van der Waals surface area contributed by atoms with E-state index in [9.17, 15) is 34.2 Å². The van der Waals surface area contributed by atoms with Crippen molar-refractivity contribution >= 4 is 67.6 Å². The average Bonchev–Trinajstić information content (AvgIpc) is 2.64. The quantitative estimate of drug-likeness (QED) is 0.196. The van der Waals surface area contributed by atoms with Crippen LogP contribution in [0.2, 0.25) is 0 Å². The molecule has 0 aromatic heterocycles. The van der Waals surface area contributed by atoms with Gasteiger partial charge in [-0.3, -0.25) is 24.2 Å². The van der Waals surface area contributed by atoms with Gasteiger partial charge in [-0.15, -0.1) is 0 Å². The maximum Gasteiger partial charge on any atom is 2.00 e. The van der Waals surface area contributed by atoms with Gasteiger partial charge in [-0.1, -0.05) is 30.3 Å². The van der Waals surface area contributed by atoms with Crippen molar-refractivity contribution in [3.05, 3.63) is 35.9 Å². The third-order valence-corrected chi connectivity index (χ3v) is 3.50. The van der Waals surface area contributed by atoms with Crippen LogP contribution in [-0.4, -0.2) is 137 Å². The smallest absolute Gasteiger partial charge is 0.549 e. The molecule has 1 aromatic carbocycles. The number of carbonyl (C=O) groups excluding carboxylic acids is 2. The fraction of sp³-hybridized carbons (Fsp3) is 0.389. The molecule has 1 aromatic rings. The zero-order chi connectivity index (χ0) is 24.0. The Morgan fingerprint density at radius 2 is 1.12 bits per heavy atom. The van der Waals surface area contributed by atoms with Crippen molar-refractivity contribution in [1.29, 1.82) is 0 Å². The number of hydrogen-bond acceptors (Lipinski definition) is 10. The first-order chi connectivity index (χ1) is 14.4. The Hall–Kier alpha value is -2.29. The first kappa shape index (κ1) is 31.9. The van der Waals surface area contributed by atoms with Gasteiger partial charge in [-0.05, 0) is 5.56 Å². The van der Waals surface area contributed by atoms with Crippen LogP contribution in [-0.2, 0) is 24.0 Å². The van der Waals surface area contributed by atoms with Gasteiger partial charge in [0.15, 0.2) is 0 Å². The Morgan fingerprint density at radius 3 is 1.44 bits per heavy atom. The number of carboxylic acid groups (broad SMARTS) is 5. The van der Waals surface area contributed by atoms with E-state index in [2.05, 4.69) is 0 Å². The Labute approximate surface area is 212 Å². The summed E-state index contributed by atoms with van der Waals surface area (Å²) >= 11 is 0. The monoisotopic (exact) mass is 482 g/mol. The largest absolute Gasteiger partial charge is 2.00 e. The van der Waals surface area contributed by atoms with E-state index in [-0.39, 0.29) is 50.8 Å². The van der Waals surface area contributed by atoms with Crippen LogP contribution in [0.25, 0.3) is 0 Å². The molecule has 0 radical (unpaired) electrons. The Kier molecular flexibility index (Phi) is 17.2. The van der Waals surface area contributed by atoms with Crippen LogP contribution in [0.5, 0.6) is 0 Å². The van der Waals surface area contributed by atoms with Gasteiger partial charge in [-0.2, -0.15) is 0 Å². The van der Waals surface area contributed by atoms with Gasteiger partial charge in [0, 0.05) is 19.6 Å². The Balaban J connectivity index is 0. The second-order valence-electron chi connectivity index (χ2n) is 6.11. The molecule has 0 aliphatic heterocycles. The predicted molar refractivity (Wildman–Crippen MR) is 103 cm³/mol. The molecule has 0 saturated carbocycles. The molecule has 0 amide bonds. The van der Waals surface area contributed by atoms with E-state index < -0.39 is 62.1 Å². The van der Waals surface area contributed by atoms with E-state index in [4.69, 9.17) is 20.4 Å². The normalized spacial score (nSPS) is 11.0. The summed E-state index contributed by atoms with van der Waals surface area (Å²) in [5.74, 6) is -6.69. The number of aliphatic carboxylic acids is 5. The van der Waals surface area contributed by atoms with Crippen molar-refractivity contribution in [3.8, 4) is 0 Å². The SMILES string of the molecule is O=C([O-])C(O)c1ccccc1.O=C([O-])CN(CCN(CC(=O)O)CC(=O)O)CC(=O)O.[Ca+2]. The molecule has 32 heavy (non-hydrogen) atoms. The number of nitrogens with zero attached hydrogens (tertiary/aromatic N) is 2. The summed E-state index contributed by atoms with van der Waals surface area (Å²) in [4.78, 5) is 54.3. The van der Waals surface area contributed by atoms with Gasteiger partial charge in [0.2, 0.25) is 0 Å². The number of hydrogen-bond donors (Lipinski definition) is 4. The molecule has 0 saturated heterocycles. The molecule has 0 heterocycles. The second-order valence-corrected chi connectivity index (χ2v) is 6.11. The summed E-state index contributed by atoms with van der Waals surface area (Å²) in [7, 11) is 0. The van der Waals surface area contributed by atoms with E-state index >= 15 is 0 Å². The van der Waals surface area contributed by atoms with Gasteiger partial charge < -0.3 is 40.2 Å². The minimum Gasteiger partial charge on any atom is -0.549 e. The molecule has 172 valence electrons. The van der Waals surface area contributed by atoms with E-state index in [0.717, 1.165) is 9.80 Å². The molecule has 13 nitrogen and oxygen atoms in total. The third kappa shape index (κ3) is 16.4. The summed E-state index contributed by atoms with van der Waals surface area (Å²) in [5, 5.41) is 55.3. The van der Waals surface area contributed by atoms with E-state index in [1.165, 1.54) is 12.1 Å². The molecular weight excluding hydrogens is 460 g/mol. The van der Waals surface area contributed by atoms with Crippen LogP contribution in [0.4, 0.5) is 0 Å². The van der Waals surface area contributed by atoms with Crippen LogP contribution < -0.4 is 10.2 Å². The van der Waals surface area contributed by atoms with Crippen LogP contribution in [0.15, 0.2) is 30.3 Å². The van der Waals surface area contributed by atoms with E-state index in [1.54, 1.807) is 18.2 Å². The van der Waals surface area contributed by atoms with E-state index in [1.807, 2.05) is 0 Å². The maximum absolute atomic E-state index is 10.5. The average molecular weight is 482 g/mol. The third-order valence-electron chi connectivity index (χ3n) is 3.50. The van der Waals surface area contributed by atoms with E-state index in [0.29, 0.717) is 5.56 Å². The first-order valence-corrected chi connectivity index (χ1v) is 8.66. The molecule has 0 fully saturated rings. The molecule has 0 aliphatic carbocycles. The molecule has 0 bridgehead atoms. The molecule has 4 N–H and O–H groups in total. The first-order valence-electron chi connectivity index (χ1n) is 8.66. The number of carbonyl (C=O) groups is 5. The molecule has 0 aliphatic rings. The summed E-state index contributed by atoms with van der Waals surface area (Å²) in [6.45, 7) is -2.50. The zero-order valence-corrected chi connectivity index (χ0v) is 19.2. The maximum atomic E-state index is 10.5. The standard InChI is InChI=1S/C10H16N2O8.C8H8O3.Ca/c13-7(14)3-11(4-8(15)16)1-2-12(5-9(17)18)6-10(19)20;9-7(8(10)11)6-4-2-1-3-5-6;/h1-6H2,(H,13,14)(H,15,16)(H,17,18)(H,19,20);1-5,7,9H,(H,10,11);/q;;+2/p-2. The van der Waals surface area contributed by atoms with Crippen molar-refractivity contribution < 1.29 is 54.6 Å². The summed E-state index contributed by atoms with van der Waals surface area (Å²) < 4.78 is 0. The molecule has 14 heteroatoms. The minimum atomic E-state index is -1.52. The number of carboxylic acids is 5. The van der Waals surface area contributed by atoms with Gasteiger partial charge in [0.1, 0.15) is 6.10 Å². The number of aliphatic hydroxyl groups is 1. The Morgan fingerprint density at radius 1 is 0.750 bits per heavy atom. The number of aliphatic hydroxyl groups excluding tert-OH is 1. The molecule has 0 spiro atoms. The van der Waals surface area contributed by atoms with Crippen LogP contribution in [0.1, 0.15) is 11.7 Å². The second kappa shape index (κ2) is 17.3. The van der Waals surface area contributed by atoms with Crippen molar-refractivity contribution in [2.75, 3.05) is 39.3 Å². The molecule has 1 atom stereocenters. The van der Waals surface area contributed by atoms with Crippen molar-refractivity contribution in [2.24, 2.45) is 0 Å². The van der Waals surface area contributed by atoms with Gasteiger partial charge >= 0.3 is 55.6 Å².